The van der Waals surface area contributed by atoms with Crippen molar-refractivity contribution in [2.45, 2.75) is 6.61 Å². The van der Waals surface area contributed by atoms with Crippen molar-refractivity contribution in [1.82, 2.24) is 0 Å². The number of ketones is 1. The molecular formula is C23H18Cl2O3. The molecule has 3 aromatic carbocycles. The summed E-state index contributed by atoms with van der Waals surface area (Å²) in [5.74, 6) is 1.21. The first kappa shape index (κ1) is 20.0. The number of benzene rings is 3. The lowest BCUT2D eigenvalue weighted by molar-refractivity contribution is 0.104. The molecule has 0 saturated carbocycles. The van der Waals surface area contributed by atoms with E-state index in [1.807, 2.05) is 24.3 Å². The lowest BCUT2D eigenvalue weighted by atomic mass is 10.1. The SMILES string of the molecule is COc1ccc(C(=O)/C=C/c2cc(Cl)ccc2OCc2cccc(Cl)c2)cc1. The normalized spacial score (nSPS) is 10.8. The highest BCUT2D eigenvalue weighted by atomic mass is 35.5. The molecule has 0 saturated heterocycles. The summed E-state index contributed by atoms with van der Waals surface area (Å²) in [6.07, 6.45) is 3.20. The predicted molar refractivity (Wildman–Crippen MR) is 114 cm³/mol. The quantitative estimate of drug-likeness (QED) is 0.329. The van der Waals surface area contributed by atoms with Gasteiger partial charge in [-0.15, -0.1) is 0 Å². The van der Waals surface area contributed by atoms with Gasteiger partial charge in [0.2, 0.25) is 0 Å². The summed E-state index contributed by atoms with van der Waals surface area (Å²) < 4.78 is 11.0. The molecule has 0 unspecified atom stereocenters. The fourth-order valence-corrected chi connectivity index (χ4v) is 2.98. The molecule has 0 aliphatic heterocycles. The molecule has 142 valence electrons. The van der Waals surface area contributed by atoms with Gasteiger partial charge in [0.05, 0.1) is 7.11 Å². The van der Waals surface area contributed by atoms with Gasteiger partial charge >= 0.3 is 0 Å². The number of methoxy groups -OCH3 is 1. The number of rotatable bonds is 7. The highest BCUT2D eigenvalue weighted by Crippen LogP contribution is 2.26. The lowest BCUT2D eigenvalue weighted by Crippen LogP contribution is -1.98. The van der Waals surface area contributed by atoms with Crippen molar-refractivity contribution in [3.05, 3.63) is 99.5 Å². The van der Waals surface area contributed by atoms with Gasteiger partial charge in [-0.3, -0.25) is 4.79 Å². The number of halogens is 2. The summed E-state index contributed by atoms with van der Waals surface area (Å²) in [5, 5.41) is 1.22. The topological polar surface area (TPSA) is 35.5 Å². The Morgan fingerprint density at radius 3 is 2.43 bits per heavy atom. The van der Waals surface area contributed by atoms with Gasteiger partial charge < -0.3 is 9.47 Å². The second-order valence-electron chi connectivity index (χ2n) is 6.03. The second-order valence-corrected chi connectivity index (χ2v) is 6.90. The van der Waals surface area contributed by atoms with E-state index >= 15 is 0 Å². The third kappa shape index (κ3) is 5.38. The molecule has 5 heteroatoms. The van der Waals surface area contributed by atoms with Crippen LogP contribution in [-0.4, -0.2) is 12.9 Å². The molecule has 0 radical (unpaired) electrons. The maximum Gasteiger partial charge on any atom is 0.185 e. The van der Waals surface area contributed by atoms with Crippen molar-refractivity contribution in [3.8, 4) is 11.5 Å². The third-order valence-electron chi connectivity index (χ3n) is 4.04. The first-order chi connectivity index (χ1) is 13.5. The molecule has 0 aromatic heterocycles. The Balaban J connectivity index is 1.75. The summed E-state index contributed by atoms with van der Waals surface area (Å²) in [6.45, 7) is 0.357. The van der Waals surface area contributed by atoms with Gasteiger partial charge in [-0.2, -0.15) is 0 Å². The Morgan fingerprint density at radius 2 is 1.71 bits per heavy atom. The minimum atomic E-state index is -0.122. The van der Waals surface area contributed by atoms with E-state index in [0.717, 1.165) is 11.1 Å². The van der Waals surface area contributed by atoms with Crippen LogP contribution in [0.2, 0.25) is 10.0 Å². The van der Waals surface area contributed by atoms with Crippen molar-refractivity contribution in [2.75, 3.05) is 7.11 Å². The van der Waals surface area contributed by atoms with E-state index in [1.165, 1.54) is 6.08 Å². The minimum absolute atomic E-state index is 0.122. The van der Waals surface area contributed by atoms with Gasteiger partial charge in [0.1, 0.15) is 18.1 Å². The Hall–Kier alpha value is -2.75. The molecule has 0 fully saturated rings. The zero-order chi connectivity index (χ0) is 19.9. The van der Waals surface area contributed by atoms with Crippen LogP contribution in [-0.2, 0) is 6.61 Å². The van der Waals surface area contributed by atoms with E-state index in [-0.39, 0.29) is 5.78 Å². The van der Waals surface area contributed by atoms with Crippen molar-refractivity contribution in [3.63, 3.8) is 0 Å². The molecule has 0 heterocycles. The molecule has 0 bridgehead atoms. The van der Waals surface area contributed by atoms with E-state index in [0.29, 0.717) is 33.7 Å². The van der Waals surface area contributed by atoms with Crippen LogP contribution in [0.15, 0.2) is 72.8 Å². The molecule has 3 rings (SSSR count). The van der Waals surface area contributed by atoms with Crippen molar-refractivity contribution < 1.29 is 14.3 Å². The zero-order valence-corrected chi connectivity index (χ0v) is 16.7. The summed E-state index contributed by atoms with van der Waals surface area (Å²) >= 11 is 12.1. The lowest BCUT2D eigenvalue weighted by Gasteiger charge is -2.10. The van der Waals surface area contributed by atoms with E-state index < -0.39 is 0 Å². The zero-order valence-electron chi connectivity index (χ0n) is 15.2. The van der Waals surface area contributed by atoms with Crippen LogP contribution in [0.3, 0.4) is 0 Å². The van der Waals surface area contributed by atoms with Crippen molar-refractivity contribution in [2.24, 2.45) is 0 Å². The van der Waals surface area contributed by atoms with E-state index in [9.17, 15) is 4.79 Å². The molecule has 3 aromatic rings. The Labute approximate surface area is 174 Å². The van der Waals surface area contributed by atoms with Gasteiger partial charge in [0.15, 0.2) is 5.78 Å². The van der Waals surface area contributed by atoms with Crippen LogP contribution in [0.4, 0.5) is 0 Å². The average molecular weight is 413 g/mol. The maximum absolute atomic E-state index is 12.4. The number of hydrogen-bond donors (Lipinski definition) is 0. The molecule has 0 atom stereocenters. The maximum atomic E-state index is 12.4. The molecule has 0 aliphatic carbocycles. The third-order valence-corrected chi connectivity index (χ3v) is 4.51. The van der Waals surface area contributed by atoms with Crippen LogP contribution in [0.5, 0.6) is 11.5 Å². The fourth-order valence-electron chi connectivity index (χ4n) is 2.59. The highest BCUT2D eigenvalue weighted by Gasteiger charge is 2.06. The van der Waals surface area contributed by atoms with Gasteiger partial charge in [-0.25, -0.2) is 0 Å². The summed E-state index contributed by atoms with van der Waals surface area (Å²) in [6, 6.07) is 19.7. The van der Waals surface area contributed by atoms with Gasteiger partial charge in [-0.05, 0) is 72.3 Å². The molecule has 0 amide bonds. The predicted octanol–water partition coefficient (Wildman–Crippen LogP) is 6.48. The van der Waals surface area contributed by atoms with Crippen molar-refractivity contribution in [1.29, 1.82) is 0 Å². The fraction of sp³-hybridized carbons (Fsp3) is 0.0870. The van der Waals surface area contributed by atoms with Crippen LogP contribution in [0.25, 0.3) is 6.08 Å². The van der Waals surface area contributed by atoms with E-state index in [2.05, 4.69) is 0 Å². The molecule has 28 heavy (non-hydrogen) atoms. The Kier molecular flexibility index (Phi) is 6.75. The number of carbonyl (C=O) groups is 1. The smallest absolute Gasteiger partial charge is 0.185 e. The summed E-state index contributed by atoms with van der Waals surface area (Å²) in [7, 11) is 1.58. The average Bonchev–Trinajstić information content (AvgIpc) is 2.71. The van der Waals surface area contributed by atoms with Gasteiger partial charge in [0.25, 0.3) is 0 Å². The standard InChI is InChI=1S/C23H18Cl2O3/c1-27-21-9-5-17(6-10-21)22(26)11-7-18-14-20(25)8-12-23(18)28-15-16-3-2-4-19(24)13-16/h2-14H,15H2,1H3/b11-7+. The molecule has 0 N–H and O–H groups in total. The second kappa shape index (κ2) is 9.45. The first-order valence-corrected chi connectivity index (χ1v) is 9.34. The van der Waals surface area contributed by atoms with E-state index in [1.54, 1.807) is 55.7 Å². The number of hydrogen-bond acceptors (Lipinski definition) is 3. The molecular weight excluding hydrogens is 395 g/mol. The minimum Gasteiger partial charge on any atom is -0.497 e. The van der Waals surface area contributed by atoms with Crippen LogP contribution in [0, 0.1) is 0 Å². The molecule has 0 spiro atoms. The number of carbonyl (C=O) groups excluding carboxylic acids is 1. The summed E-state index contributed by atoms with van der Waals surface area (Å²) in [5.41, 5.74) is 2.24. The van der Waals surface area contributed by atoms with Gasteiger partial charge in [-0.1, -0.05) is 35.3 Å². The Bertz CT molecular complexity index is 995. The van der Waals surface area contributed by atoms with E-state index in [4.69, 9.17) is 32.7 Å². The van der Waals surface area contributed by atoms with Crippen LogP contribution < -0.4 is 9.47 Å². The van der Waals surface area contributed by atoms with Gasteiger partial charge in [0, 0.05) is 21.2 Å². The van der Waals surface area contributed by atoms with Crippen molar-refractivity contribution >= 4 is 35.1 Å². The largest absolute Gasteiger partial charge is 0.497 e. The summed E-state index contributed by atoms with van der Waals surface area (Å²) in [4.78, 5) is 12.4. The van der Waals surface area contributed by atoms with Crippen LogP contribution in [0.1, 0.15) is 21.5 Å². The first-order valence-electron chi connectivity index (χ1n) is 8.58. The monoisotopic (exact) mass is 412 g/mol. The number of ether oxygens (including phenoxy) is 2. The number of allylic oxidation sites excluding steroid dienone is 1. The molecule has 0 aliphatic rings. The Morgan fingerprint density at radius 1 is 0.964 bits per heavy atom. The highest BCUT2D eigenvalue weighted by molar-refractivity contribution is 6.31. The molecule has 3 nitrogen and oxygen atoms in total. The van der Waals surface area contributed by atoms with Crippen LogP contribution >= 0.6 is 23.2 Å².